The molecule has 0 atom stereocenters. The second kappa shape index (κ2) is 5.82. The average molecular weight is 286 g/mol. The zero-order valence-electron chi connectivity index (χ0n) is 9.95. The van der Waals surface area contributed by atoms with Crippen LogP contribution in [-0.4, -0.2) is 27.5 Å². The summed E-state index contributed by atoms with van der Waals surface area (Å²) in [4.78, 5) is 7.07. The molecule has 0 aliphatic carbocycles. The molecule has 16 heavy (non-hydrogen) atoms. The predicted octanol–water partition coefficient (Wildman–Crippen LogP) is 3.04. The predicted molar refractivity (Wildman–Crippen MR) is 69.3 cm³/mol. The fraction of sp³-hybridized carbons (Fsp3) is 0.750. The Hall–Kier alpha value is -0.350. The van der Waals surface area contributed by atoms with Crippen molar-refractivity contribution in [2.75, 3.05) is 13.1 Å². The van der Waals surface area contributed by atoms with E-state index in [0.29, 0.717) is 0 Å². The van der Waals surface area contributed by atoms with E-state index in [-0.39, 0.29) is 0 Å². The van der Waals surface area contributed by atoms with Crippen LogP contribution in [0.1, 0.15) is 38.3 Å². The van der Waals surface area contributed by atoms with E-state index in [1.54, 1.807) is 0 Å². The van der Waals surface area contributed by atoms with Crippen LogP contribution in [0.25, 0.3) is 0 Å². The molecule has 1 fully saturated rings. The molecule has 1 saturated heterocycles. The van der Waals surface area contributed by atoms with Crippen LogP contribution in [0, 0.1) is 0 Å². The van der Waals surface area contributed by atoms with Crippen molar-refractivity contribution in [1.82, 2.24) is 14.5 Å². The Bertz CT molecular complexity index is 327. The van der Waals surface area contributed by atoms with E-state index in [2.05, 4.69) is 43.5 Å². The highest BCUT2D eigenvalue weighted by atomic mass is 79.9. The van der Waals surface area contributed by atoms with Gasteiger partial charge in [0.2, 0.25) is 0 Å². The molecule has 1 aromatic heterocycles. The highest BCUT2D eigenvalue weighted by molar-refractivity contribution is 9.10. The number of nitrogens with zero attached hydrogens (tertiary/aromatic N) is 3. The maximum atomic E-state index is 4.54. The van der Waals surface area contributed by atoms with Gasteiger partial charge in [0, 0.05) is 19.3 Å². The van der Waals surface area contributed by atoms with Gasteiger partial charge in [0.15, 0.2) is 4.73 Å². The maximum Gasteiger partial charge on any atom is 0.177 e. The number of halogens is 1. The van der Waals surface area contributed by atoms with Crippen LogP contribution in [0.4, 0.5) is 0 Å². The van der Waals surface area contributed by atoms with E-state index in [1.165, 1.54) is 44.5 Å². The summed E-state index contributed by atoms with van der Waals surface area (Å²) in [5.41, 5.74) is 1.19. The van der Waals surface area contributed by atoms with Gasteiger partial charge in [-0.25, -0.2) is 4.98 Å². The number of rotatable bonds is 3. The normalized spacial score (nSPS) is 18.6. The second-order valence-electron chi connectivity index (χ2n) is 4.48. The van der Waals surface area contributed by atoms with Gasteiger partial charge in [0.1, 0.15) is 0 Å². The monoisotopic (exact) mass is 285 g/mol. The van der Waals surface area contributed by atoms with Crippen molar-refractivity contribution >= 4 is 15.9 Å². The van der Waals surface area contributed by atoms with Crippen LogP contribution in [0.5, 0.6) is 0 Å². The Labute approximate surface area is 106 Å². The standard InChI is InChI=1S/C12H20BrN3/c1-2-16-10-11(14-12(16)13)9-15-7-5-3-4-6-8-15/h10H,2-9H2,1H3. The van der Waals surface area contributed by atoms with Gasteiger partial charge in [-0.1, -0.05) is 12.8 Å². The molecule has 0 spiro atoms. The first-order chi connectivity index (χ1) is 7.79. The van der Waals surface area contributed by atoms with Gasteiger partial charge in [-0.3, -0.25) is 4.90 Å². The van der Waals surface area contributed by atoms with Crippen LogP contribution < -0.4 is 0 Å². The van der Waals surface area contributed by atoms with Gasteiger partial charge in [0.25, 0.3) is 0 Å². The fourth-order valence-electron chi connectivity index (χ4n) is 2.27. The molecule has 0 N–H and O–H groups in total. The van der Waals surface area contributed by atoms with Crippen molar-refractivity contribution in [2.24, 2.45) is 0 Å². The van der Waals surface area contributed by atoms with Crippen LogP contribution in [0.2, 0.25) is 0 Å². The molecule has 2 heterocycles. The van der Waals surface area contributed by atoms with Crippen molar-refractivity contribution in [3.05, 3.63) is 16.6 Å². The molecule has 1 aromatic rings. The minimum absolute atomic E-state index is 0.958. The largest absolute Gasteiger partial charge is 0.326 e. The van der Waals surface area contributed by atoms with Crippen LogP contribution in [-0.2, 0) is 13.1 Å². The molecule has 1 aliphatic heterocycles. The van der Waals surface area contributed by atoms with Gasteiger partial charge >= 0.3 is 0 Å². The molecular weight excluding hydrogens is 266 g/mol. The number of aryl methyl sites for hydroxylation is 1. The highest BCUT2D eigenvalue weighted by Crippen LogP contribution is 2.15. The third-order valence-corrected chi connectivity index (χ3v) is 3.84. The number of hydrogen-bond donors (Lipinski definition) is 0. The average Bonchev–Trinajstić information content (AvgIpc) is 2.50. The van der Waals surface area contributed by atoms with Crippen LogP contribution >= 0.6 is 15.9 Å². The summed E-state index contributed by atoms with van der Waals surface area (Å²) in [6.45, 7) is 6.59. The zero-order valence-corrected chi connectivity index (χ0v) is 11.5. The molecule has 3 nitrogen and oxygen atoms in total. The van der Waals surface area contributed by atoms with Crippen LogP contribution in [0.15, 0.2) is 10.9 Å². The SMILES string of the molecule is CCn1cc(CN2CCCCCC2)nc1Br. The first kappa shape index (κ1) is 12.1. The lowest BCUT2D eigenvalue weighted by Crippen LogP contribution is -2.24. The third kappa shape index (κ3) is 3.08. The first-order valence-corrected chi connectivity index (χ1v) is 7.03. The number of aromatic nitrogens is 2. The van der Waals surface area contributed by atoms with Gasteiger partial charge in [0.05, 0.1) is 5.69 Å². The third-order valence-electron chi connectivity index (χ3n) is 3.20. The summed E-state index contributed by atoms with van der Waals surface area (Å²) in [5, 5.41) is 0. The van der Waals surface area contributed by atoms with Crippen molar-refractivity contribution < 1.29 is 0 Å². The molecule has 0 unspecified atom stereocenters. The molecule has 0 aromatic carbocycles. The molecule has 90 valence electrons. The van der Waals surface area contributed by atoms with Gasteiger partial charge in [-0.05, 0) is 48.8 Å². The summed E-state index contributed by atoms with van der Waals surface area (Å²) in [5.74, 6) is 0. The van der Waals surface area contributed by atoms with E-state index in [9.17, 15) is 0 Å². The lowest BCUT2D eigenvalue weighted by atomic mass is 10.2. The fourth-order valence-corrected chi connectivity index (χ4v) is 2.85. The first-order valence-electron chi connectivity index (χ1n) is 6.23. The van der Waals surface area contributed by atoms with Crippen molar-refractivity contribution in [1.29, 1.82) is 0 Å². The molecular formula is C12H20BrN3. The Balaban J connectivity index is 1.96. The van der Waals surface area contributed by atoms with Crippen LogP contribution in [0.3, 0.4) is 0 Å². The quantitative estimate of drug-likeness (QED) is 0.851. The van der Waals surface area contributed by atoms with Crippen molar-refractivity contribution in [2.45, 2.75) is 45.7 Å². The van der Waals surface area contributed by atoms with Crippen molar-refractivity contribution in [3.63, 3.8) is 0 Å². The Morgan fingerprint density at radius 3 is 2.50 bits per heavy atom. The highest BCUT2D eigenvalue weighted by Gasteiger charge is 2.12. The maximum absolute atomic E-state index is 4.54. The van der Waals surface area contributed by atoms with E-state index in [1.807, 2.05) is 0 Å². The topological polar surface area (TPSA) is 21.1 Å². The van der Waals surface area contributed by atoms with Gasteiger partial charge < -0.3 is 4.57 Å². The molecule has 2 rings (SSSR count). The lowest BCUT2D eigenvalue weighted by Gasteiger charge is -2.17. The van der Waals surface area contributed by atoms with E-state index in [4.69, 9.17) is 0 Å². The van der Waals surface area contributed by atoms with E-state index in [0.717, 1.165) is 17.8 Å². The van der Waals surface area contributed by atoms with Gasteiger partial charge in [-0.15, -0.1) is 0 Å². The van der Waals surface area contributed by atoms with Crippen molar-refractivity contribution in [3.8, 4) is 0 Å². The molecule has 0 radical (unpaired) electrons. The zero-order chi connectivity index (χ0) is 11.4. The summed E-state index contributed by atoms with van der Waals surface area (Å²) in [7, 11) is 0. The molecule has 0 amide bonds. The summed E-state index contributed by atoms with van der Waals surface area (Å²) in [6, 6.07) is 0. The summed E-state index contributed by atoms with van der Waals surface area (Å²) < 4.78 is 3.10. The molecule has 1 aliphatic rings. The van der Waals surface area contributed by atoms with Gasteiger partial charge in [-0.2, -0.15) is 0 Å². The van der Waals surface area contributed by atoms with E-state index >= 15 is 0 Å². The number of hydrogen-bond acceptors (Lipinski definition) is 2. The minimum Gasteiger partial charge on any atom is -0.326 e. The lowest BCUT2D eigenvalue weighted by molar-refractivity contribution is 0.274. The smallest absolute Gasteiger partial charge is 0.177 e. The summed E-state index contributed by atoms with van der Waals surface area (Å²) in [6.07, 6.45) is 7.63. The summed E-state index contributed by atoms with van der Waals surface area (Å²) >= 11 is 3.49. The minimum atomic E-state index is 0.958. The van der Waals surface area contributed by atoms with E-state index < -0.39 is 0 Å². The molecule has 0 saturated carbocycles. The Kier molecular flexibility index (Phi) is 4.41. The number of imidazole rings is 1. The molecule has 0 bridgehead atoms. The Morgan fingerprint density at radius 2 is 1.94 bits per heavy atom. The number of likely N-dealkylation sites (tertiary alicyclic amines) is 1. The second-order valence-corrected chi connectivity index (χ2v) is 5.19. The molecule has 4 heteroatoms. The Morgan fingerprint density at radius 1 is 1.25 bits per heavy atom.